The van der Waals surface area contributed by atoms with Gasteiger partial charge in [0.05, 0.1) is 5.56 Å². The number of ether oxygens (including phenoxy) is 2. The number of hydrogen-bond acceptors (Lipinski definition) is 4. The molecule has 2 aliphatic heterocycles. The van der Waals surface area contributed by atoms with Crippen molar-refractivity contribution in [3.05, 3.63) is 83.9 Å². The molecule has 0 saturated carbocycles. The molecule has 1 N–H and O–H groups in total. The molecule has 0 spiro atoms. The quantitative estimate of drug-likeness (QED) is 0.707. The number of fused-ring (bicyclic) bond motifs is 2. The van der Waals surface area contributed by atoms with Gasteiger partial charge in [0, 0.05) is 11.4 Å². The SMILES string of the molecule is CC(Cc1ccc2c(c1)OCO2)C1Nc2ccccc2C(=O)N1c1ccccc1. The first kappa shape index (κ1) is 17.6. The zero-order valence-corrected chi connectivity index (χ0v) is 16.2. The average Bonchev–Trinajstić information content (AvgIpc) is 3.22. The van der Waals surface area contributed by atoms with E-state index < -0.39 is 0 Å². The Morgan fingerprint density at radius 2 is 1.76 bits per heavy atom. The van der Waals surface area contributed by atoms with E-state index in [4.69, 9.17) is 9.47 Å². The van der Waals surface area contributed by atoms with Crippen molar-refractivity contribution >= 4 is 17.3 Å². The first-order chi connectivity index (χ1) is 14.2. The van der Waals surface area contributed by atoms with Gasteiger partial charge in [-0.15, -0.1) is 0 Å². The normalized spacial score (nSPS) is 18.2. The fraction of sp³-hybridized carbons (Fsp3) is 0.208. The molecule has 2 unspecified atom stereocenters. The Bertz CT molecular complexity index is 1050. The van der Waals surface area contributed by atoms with Gasteiger partial charge in [0.15, 0.2) is 11.5 Å². The van der Waals surface area contributed by atoms with E-state index in [1.54, 1.807) is 0 Å². The molecule has 0 bridgehead atoms. The summed E-state index contributed by atoms with van der Waals surface area (Å²) in [7, 11) is 0. The summed E-state index contributed by atoms with van der Waals surface area (Å²) in [6.45, 7) is 2.44. The van der Waals surface area contributed by atoms with Gasteiger partial charge < -0.3 is 14.8 Å². The second-order valence-corrected chi connectivity index (χ2v) is 7.51. The maximum atomic E-state index is 13.4. The van der Waals surface area contributed by atoms with Gasteiger partial charge in [0.1, 0.15) is 6.17 Å². The Hall–Kier alpha value is -3.47. The van der Waals surface area contributed by atoms with Crippen molar-refractivity contribution in [3.8, 4) is 11.5 Å². The molecular formula is C24H22N2O3. The standard InChI is InChI=1S/C24H22N2O3/c1-16(13-17-11-12-21-22(14-17)29-15-28-21)23-25-20-10-6-5-9-19(20)24(27)26(23)18-7-3-2-4-8-18/h2-12,14,16,23,25H,13,15H2,1H3. The van der Waals surface area contributed by atoms with Crippen LogP contribution >= 0.6 is 0 Å². The van der Waals surface area contributed by atoms with Gasteiger partial charge in [0.2, 0.25) is 6.79 Å². The van der Waals surface area contributed by atoms with Crippen molar-refractivity contribution < 1.29 is 14.3 Å². The first-order valence-corrected chi connectivity index (χ1v) is 9.83. The lowest BCUT2D eigenvalue weighted by Crippen LogP contribution is -2.52. The van der Waals surface area contributed by atoms with E-state index in [-0.39, 0.29) is 24.8 Å². The molecule has 5 nitrogen and oxygen atoms in total. The Morgan fingerprint density at radius 3 is 2.62 bits per heavy atom. The highest BCUT2D eigenvalue weighted by Gasteiger charge is 2.36. The molecule has 2 heterocycles. The van der Waals surface area contributed by atoms with Crippen molar-refractivity contribution in [1.82, 2.24) is 0 Å². The van der Waals surface area contributed by atoms with E-state index in [0.717, 1.165) is 34.9 Å². The Morgan fingerprint density at radius 1 is 1.00 bits per heavy atom. The minimum absolute atomic E-state index is 0.0214. The molecule has 3 aromatic rings. The van der Waals surface area contributed by atoms with Crippen molar-refractivity contribution in [1.29, 1.82) is 0 Å². The van der Waals surface area contributed by atoms with Crippen LogP contribution in [0, 0.1) is 5.92 Å². The van der Waals surface area contributed by atoms with Crippen molar-refractivity contribution in [2.75, 3.05) is 17.0 Å². The zero-order chi connectivity index (χ0) is 19.8. The minimum atomic E-state index is -0.162. The van der Waals surface area contributed by atoms with Crippen LogP contribution in [0.2, 0.25) is 0 Å². The highest BCUT2D eigenvalue weighted by molar-refractivity contribution is 6.12. The van der Waals surface area contributed by atoms with Crippen LogP contribution in [0.4, 0.5) is 11.4 Å². The van der Waals surface area contributed by atoms with E-state index in [9.17, 15) is 4.79 Å². The predicted molar refractivity (Wildman–Crippen MR) is 113 cm³/mol. The summed E-state index contributed by atoms with van der Waals surface area (Å²) >= 11 is 0. The van der Waals surface area contributed by atoms with Crippen LogP contribution in [0.1, 0.15) is 22.8 Å². The summed E-state index contributed by atoms with van der Waals surface area (Å²) in [4.78, 5) is 15.3. The molecule has 5 rings (SSSR count). The van der Waals surface area contributed by atoms with Gasteiger partial charge in [-0.3, -0.25) is 9.69 Å². The Kier molecular flexibility index (Phi) is 4.35. The zero-order valence-electron chi connectivity index (χ0n) is 16.2. The maximum absolute atomic E-state index is 13.4. The number of benzene rings is 3. The summed E-state index contributed by atoms with van der Waals surface area (Å²) in [5, 5.41) is 3.60. The van der Waals surface area contributed by atoms with Crippen LogP contribution in [-0.2, 0) is 6.42 Å². The van der Waals surface area contributed by atoms with E-state index in [1.165, 1.54) is 0 Å². The summed E-state index contributed by atoms with van der Waals surface area (Å²) < 4.78 is 10.9. The molecule has 2 atom stereocenters. The van der Waals surface area contributed by atoms with Crippen molar-refractivity contribution in [3.63, 3.8) is 0 Å². The third-order valence-corrected chi connectivity index (χ3v) is 5.53. The lowest BCUT2D eigenvalue weighted by Gasteiger charge is -2.41. The molecule has 5 heteroatoms. The molecule has 2 aliphatic rings. The third kappa shape index (κ3) is 3.18. The van der Waals surface area contributed by atoms with Gasteiger partial charge in [-0.25, -0.2) is 0 Å². The molecule has 29 heavy (non-hydrogen) atoms. The van der Waals surface area contributed by atoms with Gasteiger partial charge in [0.25, 0.3) is 5.91 Å². The fourth-order valence-electron chi connectivity index (χ4n) is 4.09. The minimum Gasteiger partial charge on any atom is -0.454 e. The largest absolute Gasteiger partial charge is 0.454 e. The second kappa shape index (κ2) is 7.17. The fourth-order valence-corrected chi connectivity index (χ4v) is 4.09. The smallest absolute Gasteiger partial charge is 0.262 e. The molecule has 1 amide bonds. The van der Waals surface area contributed by atoms with Crippen LogP contribution in [0.3, 0.4) is 0 Å². The summed E-state index contributed by atoms with van der Waals surface area (Å²) in [6.07, 6.45) is 0.637. The number of rotatable bonds is 4. The van der Waals surface area contributed by atoms with E-state index in [2.05, 4.69) is 18.3 Å². The molecule has 0 aliphatic carbocycles. The Balaban J connectivity index is 1.48. The van der Waals surface area contributed by atoms with E-state index in [0.29, 0.717) is 5.56 Å². The molecule has 3 aromatic carbocycles. The van der Waals surface area contributed by atoms with Crippen molar-refractivity contribution in [2.24, 2.45) is 5.92 Å². The van der Waals surface area contributed by atoms with Crippen LogP contribution < -0.4 is 19.7 Å². The maximum Gasteiger partial charge on any atom is 0.262 e. The molecule has 0 fully saturated rings. The van der Waals surface area contributed by atoms with Gasteiger partial charge in [-0.05, 0) is 54.3 Å². The number of amides is 1. The van der Waals surface area contributed by atoms with Crippen LogP contribution in [-0.4, -0.2) is 18.9 Å². The lowest BCUT2D eigenvalue weighted by molar-refractivity contribution is 0.0967. The highest BCUT2D eigenvalue weighted by Crippen LogP contribution is 2.36. The van der Waals surface area contributed by atoms with Gasteiger partial charge >= 0.3 is 0 Å². The average molecular weight is 386 g/mol. The summed E-state index contributed by atoms with van der Waals surface area (Å²) in [5.41, 5.74) is 3.63. The molecule has 0 radical (unpaired) electrons. The first-order valence-electron chi connectivity index (χ1n) is 9.83. The number of nitrogens with one attached hydrogen (secondary N) is 1. The third-order valence-electron chi connectivity index (χ3n) is 5.53. The summed E-state index contributed by atoms with van der Waals surface area (Å²) in [5.74, 6) is 1.75. The van der Waals surface area contributed by atoms with Crippen molar-refractivity contribution in [2.45, 2.75) is 19.5 Å². The number of hydrogen-bond donors (Lipinski definition) is 1. The van der Waals surface area contributed by atoms with E-state index in [1.807, 2.05) is 71.6 Å². The van der Waals surface area contributed by atoms with Gasteiger partial charge in [-0.2, -0.15) is 0 Å². The van der Waals surface area contributed by atoms with Crippen LogP contribution in [0.15, 0.2) is 72.8 Å². The molecule has 146 valence electrons. The highest BCUT2D eigenvalue weighted by atomic mass is 16.7. The second-order valence-electron chi connectivity index (χ2n) is 7.51. The molecular weight excluding hydrogens is 364 g/mol. The monoisotopic (exact) mass is 386 g/mol. The number of carbonyl (C=O) groups is 1. The predicted octanol–water partition coefficient (Wildman–Crippen LogP) is 4.69. The topological polar surface area (TPSA) is 50.8 Å². The van der Waals surface area contributed by atoms with Gasteiger partial charge in [-0.1, -0.05) is 43.3 Å². The van der Waals surface area contributed by atoms with E-state index >= 15 is 0 Å². The number of nitrogens with zero attached hydrogens (tertiary/aromatic N) is 1. The number of anilines is 2. The lowest BCUT2D eigenvalue weighted by atomic mass is 9.94. The Labute approximate surface area is 169 Å². The van der Waals surface area contributed by atoms with Crippen LogP contribution in [0.5, 0.6) is 11.5 Å². The number of para-hydroxylation sites is 2. The van der Waals surface area contributed by atoms with Crippen LogP contribution in [0.25, 0.3) is 0 Å². The number of carbonyl (C=O) groups excluding carboxylic acids is 1. The molecule has 0 saturated heterocycles. The summed E-state index contributed by atoms with van der Waals surface area (Å²) in [6, 6.07) is 23.6. The molecule has 0 aromatic heterocycles.